The zero-order valence-corrected chi connectivity index (χ0v) is 14.4. The molecule has 0 aromatic carbocycles. The molecule has 0 unspecified atom stereocenters. The Morgan fingerprint density at radius 2 is 1.15 bits per heavy atom. The van der Waals surface area contributed by atoms with E-state index >= 15 is 0 Å². The summed E-state index contributed by atoms with van der Waals surface area (Å²) in [6, 6.07) is 0. The van der Waals surface area contributed by atoms with Crippen molar-refractivity contribution in [2.24, 2.45) is 0 Å². The molecule has 1 atom stereocenters. The van der Waals surface area contributed by atoms with Crippen molar-refractivity contribution >= 4 is 16.6 Å². The van der Waals surface area contributed by atoms with Crippen LogP contribution in [0.15, 0.2) is 0 Å². The van der Waals surface area contributed by atoms with E-state index in [1.807, 2.05) is 0 Å². The van der Waals surface area contributed by atoms with Crippen molar-refractivity contribution in [1.82, 2.24) is 0 Å². The van der Waals surface area contributed by atoms with E-state index in [1.54, 1.807) is 6.26 Å². The van der Waals surface area contributed by atoms with Gasteiger partial charge in [0, 0.05) is 23.5 Å². The molecule has 0 N–H and O–H groups in total. The van der Waals surface area contributed by atoms with E-state index < -0.39 is 10.8 Å². The average Bonchev–Trinajstić information content (AvgIpc) is 2.39. The first kappa shape index (κ1) is 19.8. The summed E-state index contributed by atoms with van der Waals surface area (Å²) in [5.41, 5.74) is 0. The summed E-state index contributed by atoms with van der Waals surface area (Å²) in [6.45, 7) is 2.26. The number of rotatable bonds is 15. The van der Waals surface area contributed by atoms with Gasteiger partial charge in [0.1, 0.15) is 5.78 Å². The van der Waals surface area contributed by atoms with Crippen LogP contribution >= 0.6 is 0 Å². The topological polar surface area (TPSA) is 34.1 Å². The van der Waals surface area contributed by atoms with E-state index in [0.29, 0.717) is 6.42 Å². The molecule has 0 saturated heterocycles. The Hall–Kier alpha value is -0.180. The first-order valence-electron chi connectivity index (χ1n) is 8.48. The summed E-state index contributed by atoms with van der Waals surface area (Å²) in [5, 5.41) is 0. The Bertz CT molecular complexity index is 251. The maximum Gasteiger partial charge on any atom is 0.145 e. The van der Waals surface area contributed by atoms with E-state index in [2.05, 4.69) is 6.92 Å². The van der Waals surface area contributed by atoms with Gasteiger partial charge in [-0.25, -0.2) is 0 Å². The highest BCUT2D eigenvalue weighted by atomic mass is 32.2. The average molecular weight is 303 g/mol. The standard InChI is InChI=1S/C17H34O2S/c1-3-4-5-6-7-8-9-10-11-12-13-14-15-17(18)16-20(2)19/h3-16H2,1-2H3/t20-/m1/s1. The van der Waals surface area contributed by atoms with Crippen molar-refractivity contribution in [3.8, 4) is 0 Å². The lowest BCUT2D eigenvalue weighted by atomic mass is 10.0. The summed E-state index contributed by atoms with van der Waals surface area (Å²) in [4.78, 5) is 11.3. The minimum atomic E-state index is -0.961. The minimum Gasteiger partial charge on any atom is -0.299 e. The molecular weight excluding hydrogens is 268 g/mol. The Kier molecular flexibility index (Phi) is 15.1. The molecule has 20 heavy (non-hydrogen) atoms. The second-order valence-electron chi connectivity index (χ2n) is 5.90. The second-order valence-corrected chi connectivity index (χ2v) is 7.33. The molecule has 0 aliphatic heterocycles. The SMILES string of the molecule is CCCCCCCCCCCCCCC(=O)C[S@@](C)=O. The monoisotopic (exact) mass is 302 g/mol. The lowest BCUT2D eigenvalue weighted by molar-refractivity contribution is -0.116. The van der Waals surface area contributed by atoms with Crippen molar-refractivity contribution in [3.05, 3.63) is 0 Å². The number of carbonyl (C=O) groups is 1. The second kappa shape index (κ2) is 15.2. The van der Waals surface area contributed by atoms with Crippen molar-refractivity contribution < 1.29 is 9.00 Å². The van der Waals surface area contributed by atoms with Crippen molar-refractivity contribution in [2.45, 2.75) is 90.4 Å². The molecule has 0 amide bonds. The first-order chi connectivity index (χ1) is 9.66. The van der Waals surface area contributed by atoms with Crippen LogP contribution in [-0.4, -0.2) is 22.0 Å². The molecule has 3 heteroatoms. The largest absolute Gasteiger partial charge is 0.299 e. The maximum atomic E-state index is 11.3. The van der Waals surface area contributed by atoms with Crippen molar-refractivity contribution in [3.63, 3.8) is 0 Å². The number of Topliss-reactive ketones (excluding diaryl/α,β-unsaturated/α-hetero) is 1. The zero-order chi connectivity index (χ0) is 15.1. The van der Waals surface area contributed by atoms with Gasteiger partial charge in [0.2, 0.25) is 0 Å². The highest BCUT2D eigenvalue weighted by molar-refractivity contribution is 7.85. The third kappa shape index (κ3) is 15.9. The third-order valence-electron chi connectivity index (χ3n) is 3.67. The van der Waals surface area contributed by atoms with E-state index in [0.717, 1.165) is 12.8 Å². The van der Waals surface area contributed by atoms with E-state index in [9.17, 15) is 9.00 Å². The Labute approximate surface area is 128 Å². The first-order valence-corrected chi connectivity index (χ1v) is 10.2. The predicted molar refractivity (Wildman–Crippen MR) is 89.6 cm³/mol. The maximum absolute atomic E-state index is 11.3. The molecule has 0 fully saturated rings. The Morgan fingerprint density at radius 1 is 0.750 bits per heavy atom. The van der Waals surface area contributed by atoms with Gasteiger partial charge in [0.05, 0.1) is 5.75 Å². The fraction of sp³-hybridized carbons (Fsp3) is 0.941. The molecule has 2 nitrogen and oxygen atoms in total. The predicted octanol–water partition coefficient (Wildman–Crippen LogP) is 5.03. The van der Waals surface area contributed by atoms with E-state index in [-0.39, 0.29) is 11.5 Å². The number of hydrogen-bond donors (Lipinski definition) is 0. The summed E-state index contributed by atoms with van der Waals surface area (Å²) < 4.78 is 10.9. The van der Waals surface area contributed by atoms with Crippen molar-refractivity contribution in [2.75, 3.05) is 12.0 Å². The highest BCUT2D eigenvalue weighted by Crippen LogP contribution is 2.12. The summed E-state index contributed by atoms with van der Waals surface area (Å²) in [6.07, 6.45) is 18.0. The molecule has 120 valence electrons. The highest BCUT2D eigenvalue weighted by Gasteiger charge is 2.03. The van der Waals surface area contributed by atoms with Crippen LogP contribution in [0.2, 0.25) is 0 Å². The van der Waals surface area contributed by atoms with Gasteiger partial charge < -0.3 is 0 Å². The molecule has 0 aromatic heterocycles. The number of hydrogen-bond acceptors (Lipinski definition) is 2. The van der Waals surface area contributed by atoms with Gasteiger partial charge in [-0.05, 0) is 6.42 Å². The van der Waals surface area contributed by atoms with Gasteiger partial charge >= 0.3 is 0 Å². The van der Waals surface area contributed by atoms with Crippen LogP contribution in [0.1, 0.15) is 90.4 Å². The van der Waals surface area contributed by atoms with Crippen molar-refractivity contribution in [1.29, 1.82) is 0 Å². The summed E-state index contributed by atoms with van der Waals surface area (Å²) in [5.74, 6) is 0.413. The molecule has 0 aromatic rings. The van der Waals surface area contributed by atoms with Gasteiger partial charge in [-0.2, -0.15) is 0 Å². The van der Waals surface area contributed by atoms with Crippen LogP contribution in [0.3, 0.4) is 0 Å². The fourth-order valence-electron chi connectivity index (χ4n) is 2.46. The van der Waals surface area contributed by atoms with Crippen LogP contribution in [0.4, 0.5) is 0 Å². The molecule has 0 spiro atoms. The van der Waals surface area contributed by atoms with E-state index in [1.165, 1.54) is 64.2 Å². The van der Waals surface area contributed by atoms with Crippen LogP contribution < -0.4 is 0 Å². The smallest absolute Gasteiger partial charge is 0.145 e. The van der Waals surface area contributed by atoms with E-state index in [4.69, 9.17) is 0 Å². The summed E-state index contributed by atoms with van der Waals surface area (Å²) in [7, 11) is -0.961. The normalized spacial score (nSPS) is 12.5. The number of unbranched alkanes of at least 4 members (excludes halogenated alkanes) is 11. The molecule has 0 bridgehead atoms. The van der Waals surface area contributed by atoms with Gasteiger partial charge in [-0.15, -0.1) is 0 Å². The lowest BCUT2D eigenvalue weighted by Crippen LogP contribution is -2.08. The zero-order valence-electron chi connectivity index (χ0n) is 13.6. The molecule has 0 aliphatic carbocycles. The molecular formula is C17H34O2S. The van der Waals surface area contributed by atoms with Crippen LogP contribution in [0.5, 0.6) is 0 Å². The number of carbonyl (C=O) groups excluding carboxylic acids is 1. The molecule has 0 radical (unpaired) electrons. The van der Waals surface area contributed by atoms with Crippen LogP contribution in [-0.2, 0) is 15.6 Å². The molecule has 0 aliphatic rings. The van der Waals surface area contributed by atoms with Crippen LogP contribution in [0.25, 0.3) is 0 Å². The van der Waals surface area contributed by atoms with Gasteiger partial charge in [0.15, 0.2) is 0 Å². The van der Waals surface area contributed by atoms with Gasteiger partial charge in [0.25, 0.3) is 0 Å². The summed E-state index contributed by atoms with van der Waals surface area (Å²) >= 11 is 0. The Morgan fingerprint density at radius 3 is 1.55 bits per heavy atom. The molecule has 0 heterocycles. The minimum absolute atomic E-state index is 0.165. The quantitative estimate of drug-likeness (QED) is 0.398. The lowest BCUT2D eigenvalue weighted by Gasteiger charge is -2.02. The van der Waals surface area contributed by atoms with Gasteiger partial charge in [-0.1, -0.05) is 77.6 Å². The Balaban J connectivity index is 3.09. The fourth-order valence-corrected chi connectivity index (χ4v) is 3.06. The molecule has 0 rings (SSSR count). The van der Waals surface area contributed by atoms with Crippen LogP contribution in [0, 0.1) is 0 Å². The van der Waals surface area contributed by atoms with Gasteiger partial charge in [-0.3, -0.25) is 9.00 Å². The third-order valence-corrected chi connectivity index (χ3v) is 4.40. The molecule has 0 saturated carbocycles. The number of ketones is 1.